The average Bonchev–Trinajstić information content (AvgIpc) is 2.75. The van der Waals surface area contributed by atoms with Crippen LogP contribution in [0.4, 0.5) is 0 Å². The maximum absolute atomic E-state index is 6.42. The van der Waals surface area contributed by atoms with E-state index in [9.17, 15) is 0 Å². The number of aryl methyl sites for hydroxylation is 1. The summed E-state index contributed by atoms with van der Waals surface area (Å²) in [5.74, 6) is 0. The van der Waals surface area contributed by atoms with Crippen LogP contribution >= 0.6 is 0 Å². The standard InChI is InChI=1S/C14H19N3O/c1-9-13(10-4-2-3-5-11(10)17-9)14(15)12-8-18-7-6-16-12/h2-5,12,14,16-17H,6-8,15H2,1H3. The van der Waals surface area contributed by atoms with Crippen LogP contribution in [0, 0.1) is 6.92 Å². The number of aromatic amines is 1. The number of hydrogen-bond donors (Lipinski definition) is 3. The molecule has 96 valence electrons. The topological polar surface area (TPSA) is 63.1 Å². The minimum absolute atomic E-state index is 0.0403. The molecule has 4 N–H and O–H groups in total. The summed E-state index contributed by atoms with van der Waals surface area (Å²) in [6, 6.07) is 8.45. The van der Waals surface area contributed by atoms with Crippen molar-refractivity contribution in [1.29, 1.82) is 0 Å². The van der Waals surface area contributed by atoms with Gasteiger partial charge in [0, 0.05) is 35.2 Å². The van der Waals surface area contributed by atoms with Crippen molar-refractivity contribution in [3.8, 4) is 0 Å². The molecule has 0 bridgehead atoms. The van der Waals surface area contributed by atoms with Gasteiger partial charge >= 0.3 is 0 Å². The quantitative estimate of drug-likeness (QED) is 0.750. The Morgan fingerprint density at radius 3 is 3.00 bits per heavy atom. The van der Waals surface area contributed by atoms with E-state index in [2.05, 4.69) is 35.4 Å². The first kappa shape index (κ1) is 11.7. The Morgan fingerprint density at radius 1 is 1.39 bits per heavy atom. The number of nitrogens with one attached hydrogen (secondary N) is 2. The molecule has 2 atom stereocenters. The molecule has 4 heteroatoms. The normalized spacial score (nSPS) is 22.2. The minimum Gasteiger partial charge on any atom is -0.378 e. The largest absolute Gasteiger partial charge is 0.378 e. The molecule has 18 heavy (non-hydrogen) atoms. The SMILES string of the molecule is Cc1[nH]c2ccccc2c1C(N)C1COCCN1. The van der Waals surface area contributed by atoms with Gasteiger partial charge in [0.25, 0.3) is 0 Å². The summed E-state index contributed by atoms with van der Waals surface area (Å²) in [7, 11) is 0. The molecule has 0 amide bonds. The zero-order valence-electron chi connectivity index (χ0n) is 10.6. The van der Waals surface area contributed by atoms with Gasteiger partial charge in [-0.1, -0.05) is 18.2 Å². The summed E-state index contributed by atoms with van der Waals surface area (Å²) >= 11 is 0. The summed E-state index contributed by atoms with van der Waals surface area (Å²) < 4.78 is 5.50. The van der Waals surface area contributed by atoms with Gasteiger partial charge in [0.2, 0.25) is 0 Å². The molecule has 1 saturated heterocycles. The molecule has 1 aromatic carbocycles. The molecule has 1 fully saturated rings. The Morgan fingerprint density at radius 2 is 2.22 bits per heavy atom. The number of benzene rings is 1. The van der Waals surface area contributed by atoms with Crippen LogP contribution in [0.1, 0.15) is 17.3 Å². The van der Waals surface area contributed by atoms with E-state index >= 15 is 0 Å². The number of morpholine rings is 1. The zero-order valence-corrected chi connectivity index (χ0v) is 10.6. The monoisotopic (exact) mass is 245 g/mol. The first-order valence-corrected chi connectivity index (χ1v) is 6.41. The average molecular weight is 245 g/mol. The number of ether oxygens (including phenoxy) is 1. The van der Waals surface area contributed by atoms with Crippen LogP contribution in [-0.4, -0.2) is 30.8 Å². The van der Waals surface area contributed by atoms with E-state index in [1.165, 1.54) is 10.9 Å². The second kappa shape index (κ2) is 4.72. The first-order valence-electron chi connectivity index (χ1n) is 6.41. The van der Waals surface area contributed by atoms with E-state index in [0.717, 1.165) is 24.4 Å². The number of nitrogens with two attached hydrogens (primary N) is 1. The second-order valence-corrected chi connectivity index (χ2v) is 4.87. The van der Waals surface area contributed by atoms with Gasteiger partial charge in [-0.3, -0.25) is 0 Å². The maximum Gasteiger partial charge on any atom is 0.0638 e. The third kappa shape index (κ3) is 1.92. The van der Waals surface area contributed by atoms with Crippen LogP contribution in [0.25, 0.3) is 10.9 Å². The molecule has 0 radical (unpaired) electrons. The van der Waals surface area contributed by atoms with E-state index in [1.807, 2.05) is 6.07 Å². The smallest absolute Gasteiger partial charge is 0.0638 e. The molecular weight excluding hydrogens is 226 g/mol. The summed E-state index contributed by atoms with van der Waals surface area (Å²) in [5.41, 5.74) is 9.92. The molecule has 1 aromatic heterocycles. The van der Waals surface area contributed by atoms with Crippen molar-refractivity contribution < 1.29 is 4.74 Å². The van der Waals surface area contributed by atoms with Gasteiger partial charge in [0.15, 0.2) is 0 Å². The molecule has 1 aliphatic heterocycles. The minimum atomic E-state index is -0.0403. The Kier molecular flexibility index (Phi) is 3.07. The summed E-state index contributed by atoms with van der Waals surface area (Å²) in [6.07, 6.45) is 0. The molecule has 0 aliphatic carbocycles. The molecule has 3 rings (SSSR count). The number of hydrogen-bond acceptors (Lipinski definition) is 3. The molecule has 0 spiro atoms. The van der Waals surface area contributed by atoms with Crippen LogP contribution in [0.5, 0.6) is 0 Å². The summed E-state index contributed by atoms with van der Waals surface area (Å²) in [6.45, 7) is 4.41. The van der Waals surface area contributed by atoms with Gasteiger partial charge in [0.1, 0.15) is 0 Å². The fourth-order valence-electron chi connectivity index (χ4n) is 2.75. The highest BCUT2D eigenvalue weighted by Crippen LogP contribution is 2.28. The molecular formula is C14H19N3O. The van der Waals surface area contributed by atoms with Crippen LogP contribution in [0.15, 0.2) is 24.3 Å². The third-order valence-electron chi connectivity index (χ3n) is 3.66. The Hall–Kier alpha value is -1.36. The number of H-pyrrole nitrogens is 1. The van der Waals surface area contributed by atoms with Crippen molar-refractivity contribution in [1.82, 2.24) is 10.3 Å². The van der Waals surface area contributed by atoms with E-state index < -0.39 is 0 Å². The lowest BCUT2D eigenvalue weighted by Crippen LogP contribution is -2.47. The Bertz CT molecular complexity index is 543. The van der Waals surface area contributed by atoms with Crippen LogP contribution in [0.2, 0.25) is 0 Å². The van der Waals surface area contributed by atoms with Crippen molar-refractivity contribution in [2.45, 2.75) is 19.0 Å². The van der Waals surface area contributed by atoms with E-state index in [-0.39, 0.29) is 12.1 Å². The Labute approximate surface area is 107 Å². The molecule has 1 aliphatic rings. The fourth-order valence-corrected chi connectivity index (χ4v) is 2.75. The lowest BCUT2D eigenvalue weighted by molar-refractivity contribution is 0.0686. The lowest BCUT2D eigenvalue weighted by atomic mass is 9.97. The molecule has 0 saturated carbocycles. The van der Waals surface area contributed by atoms with Crippen molar-refractivity contribution in [2.24, 2.45) is 5.73 Å². The summed E-state index contributed by atoms with van der Waals surface area (Å²) in [4.78, 5) is 3.40. The predicted octanol–water partition coefficient (Wildman–Crippen LogP) is 1.46. The highest BCUT2D eigenvalue weighted by Gasteiger charge is 2.25. The number of rotatable bonds is 2. The van der Waals surface area contributed by atoms with Crippen LogP contribution in [-0.2, 0) is 4.74 Å². The molecule has 2 unspecified atom stereocenters. The predicted molar refractivity (Wildman–Crippen MR) is 72.6 cm³/mol. The molecule has 2 aromatic rings. The molecule has 2 heterocycles. The fraction of sp³-hybridized carbons (Fsp3) is 0.429. The van der Waals surface area contributed by atoms with Gasteiger partial charge in [-0.25, -0.2) is 0 Å². The zero-order chi connectivity index (χ0) is 12.5. The maximum atomic E-state index is 6.42. The van der Waals surface area contributed by atoms with Crippen molar-refractivity contribution in [2.75, 3.05) is 19.8 Å². The van der Waals surface area contributed by atoms with Gasteiger partial charge in [-0.05, 0) is 18.6 Å². The highest BCUT2D eigenvalue weighted by molar-refractivity contribution is 5.85. The van der Waals surface area contributed by atoms with Gasteiger partial charge in [-0.15, -0.1) is 0 Å². The Balaban J connectivity index is 1.99. The number of para-hydroxylation sites is 1. The third-order valence-corrected chi connectivity index (χ3v) is 3.66. The highest BCUT2D eigenvalue weighted by atomic mass is 16.5. The van der Waals surface area contributed by atoms with E-state index in [0.29, 0.717) is 6.61 Å². The van der Waals surface area contributed by atoms with E-state index in [4.69, 9.17) is 10.5 Å². The van der Waals surface area contributed by atoms with E-state index in [1.54, 1.807) is 0 Å². The second-order valence-electron chi connectivity index (χ2n) is 4.87. The number of aromatic nitrogens is 1. The van der Waals surface area contributed by atoms with Gasteiger partial charge < -0.3 is 20.8 Å². The first-order chi connectivity index (χ1) is 8.77. The van der Waals surface area contributed by atoms with Crippen molar-refractivity contribution in [3.05, 3.63) is 35.5 Å². The van der Waals surface area contributed by atoms with Crippen LogP contribution < -0.4 is 11.1 Å². The lowest BCUT2D eigenvalue weighted by Gasteiger charge is -2.29. The van der Waals surface area contributed by atoms with Crippen LogP contribution in [0.3, 0.4) is 0 Å². The molecule has 4 nitrogen and oxygen atoms in total. The van der Waals surface area contributed by atoms with Gasteiger partial charge in [0.05, 0.1) is 13.2 Å². The van der Waals surface area contributed by atoms with Crippen molar-refractivity contribution in [3.63, 3.8) is 0 Å². The summed E-state index contributed by atoms with van der Waals surface area (Å²) in [5, 5.41) is 4.65. The number of fused-ring (bicyclic) bond motifs is 1. The van der Waals surface area contributed by atoms with Gasteiger partial charge in [-0.2, -0.15) is 0 Å². The van der Waals surface area contributed by atoms with Crippen molar-refractivity contribution >= 4 is 10.9 Å².